The lowest BCUT2D eigenvalue weighted by molar-refractivity contribution is 0.428. The van der Waals surface area contributed by atoms with Gasteiger partial charge in [0.1, 0.15) is 0 Å². The first-order valence-corrected chi connectivity index (χ1v) is 8.85. The van der Waals surface area contributed by atoms with E-state index in [1.165, 1.54) is 0 Å². The molecule has 21 heavy (non-hydrogen) atoms. The number of sulfonamides is 1. The van der Waals surface area contributed by atoms with E-state index >= 15 is 0 Å². The van der Waals surface area contributed by atoms with Gasteiger partial charge in [0.25, 0.3) is 0 Å². The van der Waals surface area contributed by atoms with E-state index in [-0.39, 0.29) is 0 Å². The Morgan fingerprint density at radius 1 is 1.29 bits per heavy atom. The van der Waals surface area contributed by atoms with Gasteiger partial charge < -0.3 is 5.32 Å². The summed E-state index contributed by atoms with van der Waals surface area (Å²) < 4.78 is 27.1. The van der Waals surface area contributed by atoms with Gasteiger partial charge in [0.2, 0.25) is 10.0 Å². The number of aryl methyl sites for hydroxylation is 1. The average molecular weight is 308 g/mol. The highest BCUT2D eigenvalue weighted by Crippen LogP contribution is 2.22. The zero-order chi connectivity index (χ0) is 15.5. The van der Waals surface area contributed by atoms with Gasteiger partial charge in [-0.05, 0) is 50.1 Å². The zero-order valence-corrected chi connectivity index (χ0v) is 13.8. The highest BCUT2D eigenvalue weighted by atomic mass is 32.2. The molecule has 0 unspecified atom stereocenters. The fourth-order valence-corrected chi connectivity index (χ4v) is 4.04. The summed E-state index contributed by atoms with van der Waals surface area (Å²) in [6.45, 7) is 8.66. The second-order valence-corrected chi connectivity index (χ2v) is 7.48. The number of hydrogen-bond acceptors (Lipinski definition) is 3. The van der Waals surface area contributed by atoms with Gasteiger partial charge in [0.05, 0.1) is 4.90 Å². The molecule has 0 saturated carbocycles. The lowest BCUT2D eigenvalue weighted by Crippen LogP contribution is -2.35. The van der Waals surface area contributed by atoms with Gasteiger partial charge in [0.15, 0.2) is 0 Å². The summed E-state index contributed by atoms with van der Waals surface area (Å²) in [6, 6.07) is 5.42. The Balaban J connectivity index is 2.30. The fraction of sp³-hybridized carbons (Fsp3) is 0.500. The van der Waals surface area contributed by atoms with Crippen LogP contribution in [0.25, 0.3) is 0 Å². The first-order valence-electron chi connectivity index (χ1n) is 7.41. The van der Waals surface area contributed by atoms with E-state index in [4.69, 9.17) is 0 Å². The van der Waals surface area contributed by atoms with E-state index in [9.17, 15) is 8.42 Å². The molecule has 1 aromatic rings. The minimum atomic E-state index is -3.39. The molecular formula is C16H24N2O2S. The molecule has 1 N–H and O–H groups in total. The van der Waals surface area contributed by atoms with E-state index in [0.717, 1.165) is 29.7 Å². The van der Waals surface area contributed by atoms with Crippen molar-refractivity contribution >= 4 is 10.0 Å². The third-order valence-electron chi connectivity index (χ3n) is 3.82. The molecule has 0 saturated heterocycles. The molecule has 116 valence electrons. The smallest absolute Gasteiger partial charge is 0.243 e. The average Bonchev–Trinajstić information content (AvgIpc) is 2.46. The first kappa shape index (κ1) is 16.2. The highest BCUT2D eigenvalue weighted by molar-refractivity contribution is 7.89. The van der Waals surface area contributed by atoms with E-state index in [1.54, 1.807) is 16.4 Å². The summed E-state index contributed by atoms with van der Waals surface area (Å²) in [5.74, 6) is 0. The molecule has 4 nitrogen and oxygen atoms in total. The maximum atomic E-state index is 12.7. The topological polar surface area (TPSA) is 49.4 Å². The van der Waals surface area contributed by atoms with Gasteiger partial charge >= 0.3 is 0 Å². The van der Waals surface area contributed by atoms with Crippen LogP contribution < -0.4 is 5.32 Å². The third-order valence-corrected chi connectivity index (χ3v) is 5.66. The van der Waals surface area contributed by atoms with Gasteiger partial charge in [0, 0.05) is 19.6 Å². The van der Waals surface area contributed by atoms with Crippen LogP contribution in [0.2, 0.25) is 0 Å². The minimum Gasteiger partial charge on any atom is -0.313 e. The van der Waals surface area contributed by atoms with E-state index < -0.39 is 10.0 Å². The van der Waals surface area contributed by atoms with Gasteiger partial charge in [-0.3, -0.25) is 0 Å². The summed E-state index contributed by atoms with van der Waals surface area (Å²) in [5, 5.41) is 3.25. The van der Waals surface area contributed by atoms with Crippen LogP contribution in [0.3, 0.4) is 0 Å². The number of nitrogens with zero attached hydrogens (tertiary/aromatic N) is 1. The number of nitrogens with one attached hydrogen (secondary N) is 1. The Bertz CT molecular complexity index is 636. The summed E-state index contributed by atoms with van der Waals surface area (Å²) in [4.78, 5) is 0.399. The van der Waals surface area contributed by atoms with Crippen LogP contribution in [-0.4, -0.2) is 32.4 Å². The van der Waals surface area contributed by atoms with Crippen molar-refractivity contribution in [3.8, 4) is 0 Å². The fourth-order valence-electron chi connectivity index (χ4n) is 2.49. The summed E-state index contributed by atoms with van der Waals surface area (Å²) in [5.41, 5.74) is 3.27. The highest BCUT2D eigenvalue weighted by Gasteiger charge is 2.26. The van der Waals surface area contributed by atoms with Crippen LogP contribution >= 0.6 is 0 Å². The van der Waals surface area contributed by atoms with Crippen LogP contribution in [0.1, 0.15) is 31.4 Å². The Kier molecular flexibility index (Phi) is 5.19. The van der Waals surface area contributed by atoms with E-state index in [0.29, 0.717) is 24.5 Å². The van der Waals surface area contributed by atoms with Crippen molar-refractivity contribution in [3.63, 3.8) is 0 Å². The van der Waals surface area contributed by atoms with Crippen LogP contribution in [0, 0.1) is 6.92 Å². The van der Waals surface area contributed by atoms with Crippen molar-refractivity contribution < 1.29 is 8.42 Å². The van der Waals surface area contributed by atoms with Crippen LogP contribution in [0.4, 0.5) is 0 Å². The van der Waals surface area contributed by atoms with Crippen LogP contribution in [0.15, 0.2) is 34.7 Å². The maximum Gasteiger partial charge on any atom is 0.243 e. The van der Waals surface area contributed by atoms with E-state index in [2.05, 4.69) is 11.4 Å². The molecule has 0 fully saturated rings. The predicted octanol–water partition coefficient (Wildman–Crippen LogP) is 2.45. The number of rotatable bonds is 5. The summed E-state index contributed by atoms with van der Waals surface area (Å²) in [6.07, 6.45) is 2.90. The molecule has 1 aliphatic rings. The molecule has 1 heterocycles. The molecule has 0 amide bonds. The largest absolute Gasteiger partial charge is 0.313 e. The Labute approximate surface area is 127 Å². The lowest BCUT2D eigenvalue weighted by atomic mass is 10.1. The molecule has 5 heteroatoms. The molecule has 0 bridgehead atoms. The molecule has 0 aliphatic carbocycles. The predicted molar refractivity (Wildman–Crippen MR) is 85.7 cm³/mol. The molecule has 1 aliphatic heterocycles. The molecule has 0 atom stereocenters. The van der Waals surface area contributed by atoms with Crippen molar-refractivity contribution in [1.29, 1.82) is 0 Å². The normalized spacial score (nSPS) is 16.8. The first-order chi connectivity index (χ1) is 9.95. The standard InChI is InChI=1S/C16H24N2O2S/c1-4-17-11-15-10-16(8-7-14(15)3)21(19,20)18-9-5-6-13(2)12-18/h6-8,10,17H,4-5,9,11-12H2,1-3H3. The monoisotopic (exact) mass is 308 g/mol. The van der Waals surface area contributed by atoms with Gasteiger partial charge in [-0.25, -0.2) is 8.42 Å². The van der Waals surface area contributed by atoms with Crippen LogP contribution in [0.5, 0.6) is 0 Å². The SMILES string of the molecule is CCNCc1cc(S(=O)(=O)N2CCC=C(C)C2)ccc1C. The van der Waals surface area contributed by atoms with Gasteiger partial charge in [-0.1, -0.05) is 24.6 Å². The molecule has 0 spiro atoms. The summed E-state index contributed by atoms with van der Waals surface area (Å²) in [7, 11) is -3.39. The quantitative estimate of drug-likeness (QED) is 0.850. The Morgan fingerprint density at radius 3 is 2.71 bits per heavy atom. The van der Waals surface area contributed by atoms with Crippen molar-refractivity contribution in [2.24, 2.45) is 0 Å². The van der Waals surface area contributed by atoms with Gasteiger partial charge in [-0.15, -0.1) is 0 Å². The molecule has 2 rings (SSSR count). The second kappa shape index (κ2) is 6.73. The van der Waals surface area contributed by atoms with Crippen LogP contribution in [-0.2, 0) is 16.6 Å². The van der Waals surface area contributed by atoms with E-state index in [1.807, 2.05) is 26.8 Å². The van der Waals surface area contributed by atoms with Gasteiger partial charge in [-0.2, -0.15) is 4.31 Å². The third kappa shape index (κ3) is 3.73. The maximum absolute atomic E-state index is 12.7. The number of hydrogen-bond donors (Lipinski definition) is 1. The van der Waals surface area contributed by atoms with Crippen molar-refractivity contribution in [3.05, 3.63) is 41.0 Å². The molecule has 1 aromatic carbocycles. The van der Waals surface area contributed by atoms with Crippen molar-refractivity contribution in [2.75, 3.05) is 19.6 Å². The second-order valence-electron chi connectivity index (χ2n) is 5.55. The zero-order valence-electron chi connectivity index (χ0n) is 13.0. The molecular weight excluding hydrogens is 284 g/mol. The Morgan fingerprint density at radius 2 is 2.05 bits per heavy atom. The lowest BCUT2D eigenvalue weighted by Gasteiger charge is -2.25. The molecule has 0 radical (unpaired) electrons. The Hall–Kier alpha value is -1.17. The van der Waals surface area contributed by atoms with Crippen molar-refractivity contribution in [2.45, 2.75) is 38.6 Å². The molecule has 0 aromatic heterocycles. The summed E-state index contributed by atoms with van der Waals surface area (Å²) >= 11 is 0. The van der Waals surface area contributed by atoms with Crippen molar-refractivity contribution in [1.82, 2.24) is 9.62 Å². The minimum absolute atomic E-state index is 0.399. The number of benzene rings is 1.